The maximum absolute atomic E-state index is 12.9. The number of thiophene rings is 1. The van der Waals surface area contributed by atoms with Crippen LogP contribution in [0.25, 0.3) is 0 Å². The SMILES string of the molecule is CCc1cccc(C)c1NC(=O)[C@@H](C)Oc1ccc(C(=O)Nc2sc3c(c2C(N)=O)CCCC3)cc1. The van der Waals surface area contributed by atoms with Crippen LogP contribution in [0, 0.1) is 6.92 Å². The summed E-state index contributed by atoms with van der Waals surface area (Å²) in [6.07, 6.45) is 3.87. The zero-order chi connectivity index (χ0) is 25.8. The third-order valence-corrected chi connectivity index (χ3v) is 7.64. The number of fused-ring (bicyclic) bond motifs is 1. The van der Waals surface area contributed by atoms with E-state index in [-0.39, 0.29) is 11.8 Å². The molecule has 3 aromatic rings. The van der Waals surface area contributed by atoms with Gasteiger partial charge in [-0.25, -0.2) is 0 Å². The summed E-state index contributed by atoms with van der Waals surface area (Å²) in [5.41, 5.74) is 10.3. The summed E-state index contributed by atoms with van der Waals surface area (Å²) in [4.78, 5) is 38.8. The fourth-order valence-electron chi connectivity index (χ4n) is 4.46. The van der Waals surface area contributed by atoms with Crippen molar-refractivity contribution in [3.63, 3.8) is 0 Å². The molecule has 7 nitrogen and oxygen atoms in total. The summed E-state index contributed by atoms with van der Waals surface area (Å²) >= 11 is 1.43. The highest BCUT2D eigenvalue weighted by Gasteiger charge is 2.25. The molecule has 1 atom stereocenters. The van der Waals surface area contributed by atoms with E-state index in [0.717, 1.165) is 59.4 Å². The maximum Gasteiger partial charge on any atom is 0.265 e. The molecule has 4 N–H and O–H groups in total. The Kier molecular flexibility index (Phi) is 7.74. The normalized spacial score (nSPS) is 13.4. The Morgan fingerprint density at radius 1 is 1.06 bits per heavy atom. The maximum atomic E-state index is 12.9. The van der Waals surface area contributed by atoms with E-state index < -0.39 is 12.0 Å². The highest BCUT2D eigenvalue weighted by atomic mass is 32.1. The lowest BCUT2D eigenvalue weighted by Crippen LogP contribution is -2.30. The van der Waals surface area contributed by atoms with Crippen LogP contribution in [0.4, 0.5) is 10.7 Å². The van der Waals surface area contributed by atoms with Gasteiger partial charge in [-0.05, 0) is 86.9 Å². The molecule has 1 aromatic heterocycles. The second kappa shape index (κ2) is 11.0. The molecule has 2 aromatic carbocycles. The highest BCUT2D eigenvalue weighted by Crippen LogP contribution is 2.38. The van der Waals surface area contributed by atoms with E-state index in [2.05, 4.69) is 10.6 Å². The number of hydrogen-bond donors (Lipinski definition) is 3. The van der Waals surface area contributed by atoms with Gasteiger partial charge in [0.15, 0.2) is 6.10 Å². The van der Waals surface area contributed by atoms with Crippen LogP contribution in [0.1, 0.15) is 69.0 Å². The average molecular weight is 506 g/mol. The van der Waals surface area contributed by atoms with Crippen LogP contribution in [0.3, 0.4) is 0 Å². The molecule has 188 valence electrons. The van der Waals surface area contributed by atoms with Crippen LogP contribution >= 0.6 is 11.3 Å². The van der Waals surface area contributed by atoms with E-state index in [9.17, 15) is 14.4 Å². The fraction of sp³-hybridized carbons (Fsp3) is 0.321. The average Bonchev–Trinajstić information content (AvgIpc) is 3.23. The summed E-state index contributed by atoms with van der Waals surface area (Å²) in [5, 5.41) is 6.35. The van der Waals surface area contributed by atoms with Crippen molar-refractivity contribution in [1.29, 1.82) is 0 Å². The number of amides is 3. The molecule has 0 saturated heterocycles. The van der Waals surface area contributed by atoms with Gasteiger partial charge in [-0.15, -0.1) is 11.3 Å². The molecule has 0 fully saturated rings. The lowest BCUT2D eigenvalue weighted by molar-refractivity contribution is -0.122. The van der Waals surface area contributed by atoms with Crippen molar-refractivity contribution in [2.75, 3.05) is 10.6 Å². The van der Waals surface area contributed by atoms with E-state index in [0.29, 0.717) is 21.9 Å². The molecule has 4 rings (SSSR count). The predicted octanol–water partition coefficient (Wildman–Crippen LogP) is 5.25. The molecule has 0 saturated carbocycles. The molecule has 8 heteroatoms. The Morgan fingerprint density at radius 3 is 2.47 bits per heavy atom. The quantitative estimate of drug-likeness (QED) is 0.388. The smallest absolute Gasteiger partial charge is 0.265 e. The number of anilines is 2. The molecule has 0 spiro atoms. The second-order valence-corrected chi connectivity index (χ2v) is 10.1. The number of primary amides is 1. The molecule has 3 amide bonds. The number of aryl methyl sites for hydroxylation is 3. The van der Waals surface area contributed by atoms with Gasteiger partial charge < -0.3 is 21.1 Å². The third kappa shape index (κ3) is 5.44. The van der Waals surface area contributed by atoms with Crippen LogP contribution in [0.15, 0.2) is 42.5 Å². The summed E-state index contributed by atoms with van der Waals surface area (Å²) < 4.78 is 5.82. The minimum absolute atomic E-state index is 0.249. The topological polar surface area (TPSA) is 111 Å². The number of carbonyl (C=O) groups is 3. The summed E-state index contributed by atoms with van der Waals surface area (Å²) in [6.45, 7) is 5.69. The highest BCUT2D eigenvalue weighted by molar-refractivity contribution is 7.17. The molecular weight excluding hydrogens is 474 g/mol. The van der Waals surface area contributed by atoms with Gasteiger partial charge in [0.1, 0.15) is 10.8 Å². The second-order valence-electron chi connectivity index (χ2n) is 8.97. The largest absolute Gasteiger partial charge is 0.481 e. The lowest BCUT2D eigenvalue weighted by atomic mass is 9.95. The van der Waals surface area contributed by atoms with Crippen molar-refractivity contribution in [2.24, 2.45) is 5.73 Å². The molecular formula is C28H31N3O4S. The number of carbonyl (C=O) groups excluding carboxylic acids is 3. The monoisotopic (exact) mass is 505 g/mol. The standard InChI is InChI=1S/C28H31N3O4S/c1-4-18-9-7-8-16(2)24(18)30-26(33)17(3)35-20-14-12-19(13-15-20)27(34)31-28-23(25(29)32)21-10-5-6-11-22(21)36-28/h7-9,12-15,17H,4-6,10-11H2,1-3H3,(H2,29,32)(H,30,33)(H,31,34)/t17-/m1/s1. The van der Waals surface area contributed by atoms with E-state index in [1.54, 1.807) is 31.2 Å². The van der Waals surface area contributed by atoms with Gasteiger partial charge >= 0.3 is 0 Å². The number of para-hydroxylation sites is 1. The van der Waals surface area contributed by atoms with Crippen LogP contribution in [-0.4, -0.2) is 23.8 Å². The van der Waals surface area contributed by atoms with Crippen molar-refractivity contribution in [1.82, 2.24) is 0 Å². The Labute approximate surface area is 215 Å². The van der Waals surface area contributed by atoms with Crippen molar-refractivity contribution < 1.29 is 19.1 Å². The fourth-order valence-corrected chi connectivity index (χ4v) is 5.75. The first-order valence-electron chi connectivity index (χ1n) is 12.2. The van der Waals surface area contributed by atoms with Gasteiger partial charge in [0.2, 0.25) is 0 Å². The van der Waals surface area contributed by atoms with Crippen LogP contribution < -0.4 is 21.1 Å². The molecule has 0 radical (unpaired) electrons. The molecule has 0 unspecified atom stereocenters. The van der Waals surface area contributed by atoms with E-state index >= 15 is 0 Å². The number of nitrogens with one attached hydrogen (secondary N) is 2. The molecule has 36 heavy (non-hydrogen) atoms. The van der Waals surface area contributed by atoms with Gasteiger partial charge in [0, 0.05) is 16.1 Å². The lowest BCUT2D eigenvalue weighted by Gasteiger charge is -2.18. The van der Waals surface area contributed by atoms with Gasteiger partial charge in [-0.1, -0.05) is 25.1 Å². The first-order chi connectivity index (χ1) is 17.3. The summed E-state index contributed by atoms with van der Waals surface area (Å²) in [5.74, 6) is -0.627. The number of hydrogen-bond acceptors (Lipinski definition) is 5. The van der Waals surface area contributed by atoms with Gasteiger partial charge in [-0.3, -0.25) is 14.4 Å². The van der Waals surface area contributed by atoms with Crippen molar-refractivity contribution in [3.8, 4) is 5.75 Å². The van der Waals surface area contributed by atoms with E-state index in [1.165, 1.54) is 11.3 Å². The minimum Gasteiger partial charge on any atom is -0.481 e. The summed E-state index contributed by atoms with van der Waals surface area (Å²) in [7, 11) is 0. The molecule has 1 heterocycles. The first kappa shape index (κ1) is 25.4. The third-order valence-electron chi connectivity index (χ3n) is 6.43. The molecule has 0 bridgehead atoms. The van der Waals surface area contributed by atoms with Crippen LogP contribution in [-0.2, 0) is 24.1 Å². The van der Waals surface area contributed by atoms with Crippen molar-refractivity contribution >= 4 is 39.7 Å². The Hall–Kier alpha value is -3.65. The predicted molar refractivity (Wildman–Crippen MR) is 143 cm³/mol. The Morgan fingerprint density at radius 2 is 1.78 bits per heavy atom. The number of rotatable bonds is 8. The van der Waals surface area contributed by atoms with Gasteiger partial charge in [0.05, 0.1) is 5.56 Å². The van der Waals surface area contributed by atoms with Gasteiger partial charge in [-0.2, -0.15) is 0 Å². The number of nitrogens with two attached hydrogens (primary N) is 1. The number of ether oxygens (including phenoxy) is 1. The molecule has 0 aliphatic heterocycles. The van der Waals surface area contributed by atoms with E-state index in [1.807, 2.05) is 32.0 Å². The molecule has 1 aliphatic carbocycles. The van der Waals surface area contributed by atoms with Crippen molar-refractivity contribution in [2.45, 2.75) is 59.0 Å². The van der Waals surface area contributed by atoms with Crippen LogP contribution in [0.2, 0.25) is 0 Å². The minimum atomic E-state index is -0.732. The molecule has 1 aliphatic rings. The van der Waals surface area contributed by atoms with Crippen molar-refractivity contribution in [3.05, 3.63) is 75.2 Å². The Bertz CT molecular complexity index is 1300. The van der Waals surface area contributed by atoms with E-state index in [4.69, 9.17) is 10.5 Å². The van der Waals surface area contributed by atoms with Gasteiger partial charge in [0.25, 0.3) is 17.7 Å². The zero-order valence-electron chi connectivity index (χ0n) is 20.8. The number of benzene rings is 2. The van der Waals surface area contributed by atoms with Crippen LogP contribution in [0.5, 0.6) is 5.75 Å². The first-order valence-corrected chi connectivity index (χ1v) is 13.0. The zero-order valence-corrected chi connectivity index (χ0v) is 21.6. The Balaban J connectivity index is 1.41. The summed E-state index contributed by atoms with van der Waals surface area (Å²) in [6, 6.07) is 12.5.